The molecule has 0 radical (unpaired) electrons. The molecule has 0 unspecified atom stereocenters. The number of rotatable bonds is 9. The first-order valence-corrected chi connectivity index (χ1v) is 7.83. The van der Waals surface area contributed by atoms with Crippen LogP contribution in [-0.2, 0) is 0 Å². The lowest BCUT2D eigenvalue weighted by Crippen LogP contribution is -2.40. The lowest BCUT2D eigenvalue weighted by Gasteiger charge is -2.31. The van der Waals surface area contributed by atoms with Crippen LogP contribution in [-0.4, -0.2) is 35.1 Å². The fourth-order valence-corrected chi connectivity index (χ4v) is 2.67. The summed E-state index contributed by atoms with van der Waals surface area (Å²) in [5.41, 5.74) is 5.40. The van der Waals surface area contributed by atoms with Gasteiger partial charge in [0.1, 0.15) is 5.84 Å². The van der Waals surface area contributed by atoms with Crippen molar-refractivity contribution in [3.63, 3.8) is 0 Å². The van der Waals surface area contributed by atoms with Gasteiger partial charge in [0.25, 0.3) is 0 Å². The maximum Gasteiger partial charge on any atom is 0.144 e. The van der Waals surface area contributed by atoms with E-state index in [1.165, 1.54) is 12.8 Å². The minimum absolute atomic E-state index is 0.262. The summed E-state index contributed by atoms with van der Waals surface area (Å²) >= 11 is 1.94. The van der Waals surface area contributed by atoms with Crippen molar-refractivity contribution < 1.29 is 5.21 Å². The van der Waals surface area contributed by atoms with Crippen LogP contribution in [0.3, 0.4) is 0 Å². The largest absolute Gasteiger partial charge is 0.409 e. The van der Waals surface area contributed by atoms with Gasteiger partial charge < -0.3 is 16.3 Å². The number of thioether (sulfide) groups is 1. The van der Waals surface area contributed by atoms with Crippen LogP contribution in [0.4, 0.5) is 0 Å². The van der Waals surface area contributed by atoms with Gasteiger partial charge in [-0.05, 0) is 32.1 Å². The number of nitrogens with one attached hydrogen (secondary N) is 1. The Morgan fingerprint density at radius 3 is 2.28 bits per heavy atom. The highest BCUT2D eigenvalue weighted by atomic mass is 32.2. The lowest BCUT2D eigenvalue weighted by molar-refractivity contribution is 0.304. The van der Waals surface area contributed by atoms with Gasteiger partial charge in [0, 0.05) is 16.7 Å². The number of oxime groups is 1. The quantitative estimate of drug-likeness (QED) is 0.199. The van der Waals surface area contributed by atoms with E-state index in [1.54, 1.807) is 0 Å². The van der Waals surface area contributed by atoms with Gasteiger partial charge in [-0.2, -0.15) is 11.8 Å². The molecule has 0 saturated heterocycles. The van der Waals surface area contributed by atoms with E-state index >= 15 is 0 Å². The summed E-state index contributed by atoms with van der Waals surface area (Å²) in [6.07, 6.45) is 5.37. The normalized spacial score (nSPS) is 13.9. The molecule has 0 amide bonds. The van der Waals surface area contributed by atoms with Gasteiger partial charge in [-0.1, -0.05) is 32.9 Å². The SMILES string of the molecule is CCC(CC)(CNCCC(C)(C)C(N)=NO)SC. The topological polar surface area (TPSA) is 70.6 Å². The van der Waals surface area contributed by atoms with Crippen LogP contribution in [0.15, 0.2) is 5.16 Å². The fraction of sp³-hybridized carbons (Fsp3) is 0.923. The van der Waals surface area contributed by atoms with Gasteiger partial charge in [-0.25, -0.2) is 0 Å². The Balaban J connectivity index is 4.14. The summed E-state index contributed by atoms with van der Waals surface area (Å²) in [5.74, 6) is 0.298. The molecule has 0 fully saturated rings. The zero-order chi connectivity index (χ0) is 14.2. The van der Waals surface area contributed by atoms with Crippen LogP contribution in [0.5, 0.6) is 0 Å². The highest BCUT2D eigenvalue weighted by molar-refractivity contribution is 8.00. The van der Waals surface area contributed by atoms with Crippen molar-refractivity contribution in [2.75, 3.05) is 19.3 Å². The van der Waals surface area contributed by atoms with Crippen molar-refractivity contribution in [1.29, 1.82) is 0 Å². The lowest BCUT2D eigenvalue weighted by atomic mass is 9.88. The summed E-state index contributed by atoms with van der Waals surface area (Å²) in [6.45, 7) is 10.3. The van der Waals surface area contributed by atoms with Gasteiger partial charge in [-0.3, -0.25) is 0 Å². The van der Waals surface area contributed by atoms with Crippen molar-refractivity contribution in [1.82, 2.24) is 5.32 Å². The van der Waals surface area contributed by atoms with Crippen LogP contribution >= 0.6 is 11.8 Å². The highest BCUT2D eigenvalue weighted by Crippen LogP contribution is 2.29. The number of amidine groups is 1. The van der Waals surface area contributed by atoms with Crippen LogP contribution in [0.2, 0.25) is 0 Å². The Hall–Kier alpha value is -0.420. The van der Waals surface area contributed by atoms with Crippen LogP contribution in [0, 0.1) is 5.41 Å². The Bertz CT molecular complexity index is 255. The zero-order valence-corrected chi connectivity index (χ0v) is 13.2. The Morgan fingerprint density at radius 1 is 1.33 bits per heavy atom. The molecular formula is C13H29N3OS. The van der Waals surface area contributed by atoms with Crippen molar-refractivity contribution in [2.24, 2.45) is 16.3 Å². The van der Waals surface area contributed by atoms with E-state index in [4.69, 9.17) is 10.9 Å². The molecule has 0 aromatic rings. The molecular weight excluding hydrogens is 246 g/mol. The molecule has 5 heteroatoms. The standard InChI is InChI=1S/C13H29N3OS/c1-6-13(7-2,18-5)10-15-9-8-12(3,4)11(14)16-17/h15,17H,6-10H2,1-5H3,(H2,14,16). The van der Waals surface area contributed by atoms with E-state index in [0.29, 0.717) is 10.6 Å². The molecule has 0 aliphatic carbocycles. The first kappa shape index (κ1) is 17.6. The summed E-state index contributed by atoms with van der Waals surface area (Å²) in [6, 6.07) is 0. The van der Waals surface area contributed by atoms with E-state index in [2.05, 4.69) is 30.6 Å². The van der Waals surface area contributed by atoms with Gasteiger partial charge in [-0.15, -0.1) is 0 Å². The molecule has 18 heavy (non-hydrogen) atoms. The first-order chi connectivity index (χ1) is 8.37. The van der Waals surface area contributed by atoms with Gasteiger partial charge >= 0.3 is 0 Å². The second kappa shape index (κ2) is 7.89. The third-order valence-electron chi connectivity index (χ3n) is 3.90. The molecule has 0 bridgehead atoms. The molecule has 0 spiro atoms. The van der Waals surface area contributed by atoms with E-state index < -0.39 is 0 Å². The van der Waals surface area contributed by atoms with Gasteiger partial charge in [0.2, 0.25) is 0 Å². The number of hydrogen-bond donors (Lipinski definition) is 3. The number of nitrogens with two attached hydrogens (primary N) is 1. The van der Waals surface area contributed by atoms with Crippen molar-refractivity contribution in [2.45, 2.75) is 51.7 Å². The van der Waals surface area contributed by atoms with Gasteiger partial charge in [0.15, 0.2) is 0 Å². The van der Waals surface area contributed by atoms with Crippen molar-refractivity contribution in [3.8, 4) is 0 Å². The minimum atomic E-state index is -0.262. The first-order valence-electron chi connectivity index (χ1n) is 6.61. The van der Waals surface area contributed by atoms with Crippen LogP contribution < -0.4 is 11.1 Å². The summed E-state index contributed by atoms with van der Waals surface area (Å²) < 4.78 is 0.334. The third kappa shape index (κ3) is 5.06. The molecule has 0 aromatic carbocycles. The maximum atomic E-state index is 8.71. The van der Waals surface area contributed by atoms with E-state index in [9.17, 15) is 0 Å². The Kier molecular flexibility index (Phi) is 7.71. The minimum Gasteiger partial charge on any atom is -0.409 e. The summed E-state index contributed by atoms with van der Waals surface area (Å²) in [5, 5.41) is 15.3. The maximum absolute atomic E-state index is 8.71. The number of nitrogens with zero attached hydrogens (tertiary/aromatic N) is 1. The highest BCUT2D eigenvalue weighted by Gasteiger charge is 2.26. The second-order valence-electron chi connectivity index (χ2n) is 5.39. The molecule has 4 N–H and O–H groups in total. The average molecular weight is 275 g/mol. The number of hydrogen-bond acceptors (Lipinski definition) is 4. The third-order valence-corrected chi connectivity index (χ3v) is 5.48. The van der Waals surface area contributed by atoms with E-state index in [0.717, 1.165) is 19.5 Å². The van der Waals surface area contributed by atoms with Crippen molar-refractivity contribution in [3.05, 3.63) is 0 Å². The molecule has 0 rings (SSSR count). The molecule has 0 aliphatic rings. The molecule has 0 atom stereocenters. The monoisotopic (exact) mass is 275 g/mol. The molecule has 0 aliphatic heterocycles. The summed E-state index contributed by atoms with van der Waals surface area (Å²) in [4.78, 5) is 0. The zero-order valence-electron chi connectivity index (χ0n) is 12.4. The van der Waals surface area contributed by atoms with E-state index in [-0.39, 0.29) is 5.41 Å². The molecule has 0 heterocycles. The smallest absolute Gasteiger partial charge is 0.144 e. The molecule has 4 nitrogen and oxygen atoms in total. The molecule has 108 valence electrons. The second-order valence-corrected chi connectivity index (χ2v) is 6.66. The Morgan fingerprint density at radius 2 is 1.89 bits per heavy atom. The fourth-order valence-electron chi connectivity index (χ4n) is 1.84. The molecule has 0 aromatic heterocycles. The van der Waals surface area contributed by atoms with Gasteiger partial charge in [0.05, 0.1) is 0 Å². The predicted molar refractivity (Wildman–Crippen MR) is 81.5 cm³/mol. The molecule has 0 saturated carbocycles. The summed E-state index contributed by atoms with van der Waals surface area (Å²) in [7, 11) is 0. The van der Waals surface area contributed by atoms with Crippen LogP contribution in [0.1, 0.15) is 47.0 Å². The van der Waals surface area contributed by atoms with E-state index in [1.807, 2.05) is 25.6 Å². The Labute approximate surface area is 116 Å². The average Bonchev–Trinajstić information content (AvgIpc) is 2.38. The van der Waals surface area contributed by atoms with Crippen LogP contribution in [0.25, 0.3) is 0 Å². The van der Waals surface area contributed by atoms with Crippen molar-refractivity contribution >= 4 is 17.6 Å². The predicted octanol–water partition coefficient (Wildman–Crippen LogP) is 2.66.